The van der Waals surface area contributed by atoms with Gasteiger partial charge < -0.3 is 14.5 Å². The number of amides is 2. The van der Waals surface area contributed by atoms with Crippen LogP contribution in [0.25, 0.3) is 0 Å². The van der Waals surface area contributed by atoms with Crippen LogP contribution in [0.1, 0.15) is 39.7 Å². The van der Waals surface area contributed by atoms with Gasteiger partial charge in [-0.2, -0.15) is 0 Å². The topological polar surface area (TPSA) is 84.7 Å². The second-order valence-corrected chi connectivity index (χ2v) is 6.31. The SMILES string of the molecule is COC(=O)c1ccc2c(c1)CCCN2C(=O)NCCc1nc(C)oc1C. The molecule has 0 spiro atoms. The van der Waals surface area contributed by atoms with Gasteiger partial charge in [0.05, 0.1) is 18.4 Å². The van der Waals surface area contributed by atoms with Gasteiger partial charge in [-0.15, -0.1) is 0 Å². The molecule has 0 atom stereocenters. The van der Waals surface area contributed by atoms with E-state index in [9.17, 15) is 9.59 Å². The van der Waals surface area contributed by atoms with Crippen LogP contribution < -0.4 is 10.2 Å². The van der Waals surface area contributed by atoms with Gasteiger partial charge in [0.1, 0.15) is 5.76 Å². The Morgan fingerprint density at radius 3 is 2.85 bits per heavy atom. The lowest BCUT2D eigenvalue weighted by atomic mass is 9.99. The van der Waals surface area contributed by atoms with Crippen LogP contribution in [0.4, 0.5) is 10.5 Å². The lowest BCUT2D eigenvalue weighted by Crippen LogP contribution is -2.43. The first-order valence-corrected chi connectivity index (χ1v) is 8.69. The molecule has 0 fully saturated rings. The average Bonchev–Trinajstić information content (AvgIpc) is 2.97. The monoisotopic (exact) mass is 357 g/mol. The molecular formula is C19H23N3O4. The number of rotatable bonds is 4. The standard InChI is InChI=1S/C19H23N3O4/c1-12-16(21-13(2)26-12)8-9-20-19(24)22-10-4-5-14-11-15(18(23)25-3)6-7-17(14)22/h6-7,11H,4-5,8-10H2,1-3H3,(H,20,24). The van der Waals surface area contributed by atoms with Crippen molar-refractivity contribution in [1.82, 2.24) is 10.3 Å². The highest BCUT2D eigenvalue weighted by Gasteiger charge is 2.23. The first kappa shape index (κ1) is 18.0. The van der Waals surface area contributed by atoms with Crippen molar-refractivity contribution in [2.45, 2.75) is 33.1 Å². The third kappa shape index (κ3) is 3.71. The van der Waals surface area contributed by atoms with Crippen LogP contribution in [-0.2, 0) is 17.6 Å². The number of urea groups is 1. The van der Waals surface area contributed by atoms with Gasteiger partial charge in [-0.1, -0.05) is 0 Å². The van der Waals surface area contributed by atoms with Gasteiger partial charge in [-0.05, 0) is 43.5 Å². The highest BCUT2D eigenvalue weighted by atomic mass is 16.5. The number of benzene rings is 1. The number of aromatic nitrogens is 1. The van der Waals surface area contributed by atoms with E-state index in [1.165, 1.54) is 7.11 Å². The lowest BCUT2D eigenvalue weighted by molar-refractivity contribution is 0.0600. The first-order valence-electron chi connectivity index (χ1n) is 8.69. The number of esters is 1. The number of fused-ring (bicyclic) bond motifs is 1. The number of anilines is 1. The summed E-state index contributed by atoms with van der Waals surface area (Å²) in [6, 6.07) is 5.17. The van der Waals surface area contributed by atoms with E-state index in [2.05, 4.69) is 10.3 Å². The van der Waals surface area contributed by atoms with E-state index in [0.717, 1.165) is 35.5 Å². The fourth-order valence-electron chi connectivity index (χ4n) is 3.24. The molecule has 7 nitrogen and oxygen atoms in total. The van der Waals surface area contributed by atoms with Gasteiger partial charge >= 0.3 is 12.0 Å². The van der Waals surface area contributed by atoms with Crippen molar-refractivity contribution in [1.29, 1.82) is 0 Å². The number of carbonyl (C=O) groups is 2. The van der Waals surface area contributed by atoms with E-state index in [1.54, 1.807) is 11.0 Å². The Morgan fingerprint density at radius 1 is 1.35 bits per heavy atom. The number of carbonyl (C=O) groups excluding carboxylic acids is 2. The number of ether oxygens (including phenoxy) is 1. The summed E-state index contributed by atoms with van der Waals surface area (Å²) in [4.78, 5) is 30.3. The molecule has 1 aromatic carbocycles. The van der Waals surface area contributed by atoms with E-state index in [-0.39, 0.29) is 12.0 Å². The summed E-state index contributed by atoms with van der Waals surface area (Å²) in [5, 5.41) is 2.94. The molecule has 26 heavy (non-hydrogen) atoms. The molecule has 0 radical (unpaired) electrons. The van der Waals surface area contributed by atoms with Crippen molar-refractivity contribution in [3.8, 4) is 0 Å². The molecule has 7 heteroatoms. The van der Waals surface area contributed by atoms with Gasteiger partial charge in [0.2, 0.25) is 0 Å². The fraction of sp³-hybridized carbons (Fsp3) is 0.421. The summed E-state index contributed by atoms with van der Waals surface area (Å²) in [6.45, 7) is 4.81. The molecule has 1 N–H and O–H groups in total. The highest BCUT2D eigenvalue weighted by Crippen LogP contribution is 2.28. The molecular weight excluding hydrogens is 334 g/mol. The fourth-order valence-corrected chi connectivity index (χ4v) is 3.24. The number of hydrogen-bond acceptors (Lipinski definition) is 5. The van der Waals surface area contributed by atoms with Crippen molar-refractivity contribution in [2.24, 2.45) is 0 Å². The minimum absolute atomic E-state index is 0.144. The summed E-state index contributed by atoms with van der Waals surface area (Å²) >= 11 is 0. The van der Waals surface area contributed by atoms with Crippen LogP contribution >= 0.6 is 0 Å². The third-order valence-corrected chi connectivity index (χ3v) is 4.50. The highest BCUT2D eigenvalue weighted by molar-refractivity contribution is 5.95. The Balaban J connectivity index is 1.65. The Kier molecular flexibility index (Phi) is 5.25. The van der Waals surface area contributed by atoms with E-state index in [1.807, 2.05) is 26.0 Å². The van der Waals surface area contributed by atoms with Crippen molar-refractivity contribution < 1.29 is 18.7 Å². The number of methoxy groups -OCH3 is 1. The van der Waals surface area contributed by atoms with Gasteiger partial charge in [-0.25, -0.2) is 14.6 Å². The minimum atomic E-state index is -0.368. The van der Waals surface area contributed by atoms with Crippen molar-refractivity contribution >= 4 is 17.7 Å². The Hall–Kier alpha value is -2.83. The third-order valence-electron chi connectivity index (χ3n) is 4.50. The van der Waals surface area contributed by atoms with Crippen LogP contribution in [-0.4, -0.2) is 37.2 Å². The molecule has 2 amide bonds. The van der Waals surface area contributed by atoms with Gasteiger partial charge in [0.15, 0.2) is 5.89 Å². The number of hydrogen-bond donors (Lipinski definition) is 1. The number of aryl methyl sites for hydroxylation is 3. The van der Waals surface area contributed by atoms with Crippen LogP contribution in [0.15, 0.2) is 22.6 Å². The van der Waals surface area contributed by atoms with Gasteiger partial charge in [0, 0.05) is 32.1 Å². The van der Waals surface area contributed by atoms with E-state index >= 15 is 0 Å². The smallest absolute Gasteiger partial charge is 0.337 e. The molecule has 1 aliphatic heterocycles. The maximum absolute atomic E-state index is 12.6. The summed E-state index contributed by atoms with van der Waals surface area (Å²) in [5.41, 5.74) is 3.20. The van der Waals surface area contributed by atoms with Crippen molar-refractivity contribution in [2.75, 3.05) is 25.1 Å². The molecule has 0 aliphatic carbocycles. The molecule has 138 valence electrons. The maximum Gasteiger partial charge on any atom is 0.337 e. The predicted octanol–water partition coefficient (Wildman–Crippen LogP) is 2.78. The molecule has 1 aromatic heterocycles. The van der Waals surface area contributed by atoms with Gasteiger partial charge in [0.25, 0.3) is 0 Å². The molecule has 1 aliphatic rings. The molecule has 0 unspecified atom stereocenters. The Labute approximate surface area is 152 Å². The summed E-state index contributed by atoms with van der Waals surface area (Å²) in [7, 11) is 1.36. The van der Waals surface area contributed by atoms with E-state index in [0.29, 0.717) is 31.0 Å². The first-order chi connectivity index (χ1) is 12.5. The maximum atomic E-state index is 12.6. The zero-order chi connectivity index (χ0) is 18.7. The van der Waals surface area contributed by atoms with Crippen molar-refractivity contribution in [3.05, 3.63) is 46.7 Å². The second-order valence-electron chi connectivity index (χ2n) is 6.31. The molecule has 0 saturated carbocycles. The van der Waals surface area contributed by atoms with Crippen molar-refractivity contribution in [3.63, 3.8) is 0 Å². The van der Waals surface area contributed by atoms with Crippen LogP contribution in [0, 0.1) is 13.8 Å². The largest absolute Gasteiger partial charge is 0.465 e. The average molecular weight is 357 g/mol. The molecule has 3 rings (SSSR count). The zero-order valence-corrected chi connectivity index (χ0v) is 15.3. The second kappa shape index (κ2) is 7.59. The van der Waals surface area contributed by atoms with E-state index < -0.39 is 0 Å². The minimum Gasteiger partial charge on any atom is -0.465 e. The normalized spacial score (nSPS) is 13.3. The Morgan fingerprint density at radius 2 is 2.15 bits per heavy atom. The van der Waals surface area contributed by atoms with E-state index in [4.69, 9.17) is 9.15 Å². The van der Waals surface area contributed by atoms with Crippen LogP contribution in [0.3, 0.4) is 0 Å². The number of nitrogens with zero attached hydrogens (tertiary/aromatic N) is 2. The predicted molar refractivity (Wildman–Crippen MR) is 96.5 cm³/mol. The summed E-state index contributed by atoms with van der Waals surface area (Å²) < 4.78 is 10.2. The van der Waals surface area contributed by atoms with Gasteiger partial charge in [-0.3, -0.25) is 4.90 Å². The zero-order valence-electron chi connectivity index (χ0n) is 15.3. The molecule has 2 aromatic rings. The lowest BCUT2D eigenvalue weighted by Gasteiger charge is -2.29. The molecule has 2 heterocycles. The van der Waals surface area contributed by atoms with Crippen LogP contribution in [0.2, 0.25) is 0 Å². The summed E-state index contributed by atoms with van der Waals surface area (Å²) in [6.07, 6.45) is 2.31. The quantitative estimate of drug-likeness (QED) is 0.851. The number of oxazole rings is 1. The number of nitrogens with one attached hydrogen (secondary N) is 1. The molecule has 0 bridgehead atoms. The molecule has 0 saturated heterocycles. The Bertz CT molecular complexity index is 828. The van der Waals surface area contributed by atoms with Crippen LogP contribution in [0.5, 0.6) is 0 Å². The summed E-state index contributed by atoms with van der Waals surface area (Å²) in [5.74, 6) is 1.05.